The second-order valence-electron chi connectivity index (χ2n) is 6.43. The molecule has 3 rings (SSSR count). The summed E-state index contributed by atoms with van der Waals surface area (Å²) in [5.41, 5.74) is -1.16. The van der Waals surface area contributed by atoms with Crippen LogP contribution >= 0.6 is 0 Å². The summed E-state index contributed by atoms with van der Waals surface area (Å²) in [5, 5.41) is 4.74. The van der Waals surface area contributed by atoms with Crippen molar-refractivity contribution in [1.29, 1.82) is 0 Å². The summed E-state index contributed by atoms with van der Waals surface area (Å²) in [4.78, 5) is 10.1. The Morgan fingerprint density at radius 3 is 1.78 bits per heavy atom. The van der Waals surface area contributed by atoms with Crippen molar-refractivity contribution in [2.24, 2.45) is 0 Å². The van der Waals surface area contributed by atoms with Crippen molar-refractivity contribution in [2.75, 3.05) is 16.9 Å². The second-order valence-corrected chi connectivity index (χ2v) is 8.45. The van der Waals surface area contributed by atoms with E-state index in [-0.39, 0.29) is 16.3 Å². The van der Waals surface area contributed by atoms with E-state index in [1.807, 2.05) is 0 Å². The Kier molecular flexibility index (Phi) is 6.00. The van der Waals surface area contributed by atoms with Crippen molar-refractivity contribution in [2.45, 2.75) is 17.2 Å². The molecule has 2 aromatic carbocycles. The Balaban J connectivity index is 1.98. The van der Waals surface area contributed by atoms with Crippen LogP contribution in [0.2, 0.25) is 0 Å². The van der Waals surface area contributed by atoms with E-state index in [4.69, 9.17) is 0 Å². The number of sulfone groups is 1. The zero-order chi connectivity index (χ0) is 23.7. The molecule has 32 heavy (non-hydrogen) atoms. The number of rotatable bonds is 5. The van der Waals surface area contributed by atoms with Crippen molar-refractivity contribution >= 4 is 33.1 Å². The molecule has 0 fully saturated rings. The predicted octanol–water partition coefficient (Wildman–Crippen LogP) is 4.80. The van der Waals surface area contributed by atoms with Gasteiger partial charge in [0.2, 0.25) is 17.7 Å². The maximum atomic E-state index is 13.2. The zero-order valence-electron chi connectivity index (χ0n) is 16.0. The number of hydrogen-bond acceptors (Lipinski definition) is 7. The van der Waals surface area contributed by atoms with Gasteiger partial charge in [-0.1, -0.05) is 12.1 Å². The molecule has 170 valence electrons. The standard InChI is InChI=1S/C18H13F6N5O2S/c1-32(30,31)13-7-3-6-12(9-13)26-16-28-14(18(22,23)24)27-15(29-16)25-11-5-2-4-10(8-11)17(19,20)21/h2-9H,1H3,(H2,25,26,27,28,29). The number of aromatic nitrogens is 3. The van der Waals surface area contributed by atoms with Crippen LogP contribution < -0.4 is 10.6 Å². The van der Waals surface area contributed by atoms with Crippen molar-refractivity contribution in [1.82, 2.24) is 15.0 Å². The number of alkyl halides is 6. The molecule has 0 aliphatic heterocycles. The second kappa shape index (κ2) is 8.26. The van der Waals surface area contributed by atoms with Crippen LogP contribution in [-0.4, -0.2) is 29.6 Å². The third-order valence-electron chi connectivity index (χ3n) is 3.85. The van der Waals surface area contributed by atoms with Crippen LogP contribution in [0.1, 0.15) is 11.4 Å². The van der Waals surface area contributed by atoms with Crippen LogP contribution in [0.5, 0.6) is 0 Å². The SMILES string of the molecule is CS(=O)(=O)c1cccc(Nc2nc(Nc3cccc(C(F)(F)F)c3)nc(C(F)(F)F)n2)c1. The molecule has 0 bridgehead atoms. The normalized spacial score (nSPS) is 12.5. The van der Waals surface area contributed by atoms with E-state index >= 15 is 0 Å². The lowest BCUT2D eigenvalue weighted by Crippen LogP contribution is -2.15. The predicted molar refractivity (Wildman–Crippen MR) is 102 cm³/mol. The fraction of sp³-hybridized carbons (Fsp3) is 0.167. The van der Waals surface area contributed by atoms with Crippen LogP contribution in [-0.2, 0) is 22.2 Å². The molecule has 0 saturated heterocycles. The first-order valence-corrected chi connectivity index (χ1v) is 10.5. The first-order chi connectivity index (χ1) is 14.7. The van der Waals surface area contributed by atoms with E-state index in [2.05, 4.69) is 25.6 Å². The van der Waals surface area contributed by atoms with Crippen LogP contribution in [0, 0.1) is 0 Å². The third-order valence-corrected chi connectivity index (χ3v) is 4.96. The van der Waals surface area contributed by atoms with Crippen LogP contribution in [0.15, 0.2) is 53.4 Å². The van der Waals surface area contributed by atoms with Gasteiger partial charge < -0.3 is 10.6 Å². The van der Waals surface area contributed by atoms with Gasteiger partial charge in [-0.25, -0.2) is 8.42 Å². The van der Waals surface area contributed by atoms with E-state index < -0.39 is 45.5 Å². The van der Waals surface area contributed by atoms with E-state index in [1.54, 1.807) is 0 Å². The van der Waals surface area contributed by atoms with Gasteiger partial charge in [0.05, 0.1) is 10.5 Å². The molecule has 0 saturated carbocycles. The molecular weight excluding hydrogens is 464 g/mol. The topological polar surface area (TPSA) is 96.9 Å². The maximum Gasteiger partial charge on any atom is 0.451 e. The quantitative estimate of drug-likeness (QED) is 0.510. The van der Waals surface area contributed by atoms with Crippen LogP contribution in [0.4, 0.5) is 49.6 Å². The van der Waals surface area contributed by atoms with Gasteiger partial charge >= 0.3 is 12.4 Å². The summed E-state index contributed by atoms with van der Waals surface area (Å²) in [5.74, 6) is -2.88. The molecule has 0 unspecified atom stereocenters. The van der Waals surface area contributed by atoms with Crippen molar-refractivity contribution in [3.63, 3.8) is 0 Å². The van der Waals surface area contributed by atoms with Gasteiger partial charge in [-0.3, -0.25) is 0 Å². The molecule has 7 nitrogen and oxygen atoms in total. The zero-order valence-corrected chi connectivity index (χ0v) is 16.8. The number of nitrogens with one attached hydrogen (secondary N) is 2. The number of halogens is 6. The molecule has 14 heteroatoms. The highest BCUT2D eigenvalue weighted by Crippen LogP contribution is 2.32. The molecule has 0 aliphatic carbocycles. The molecule has 0 amide bonds. The van der Waals surface area contributed by atoms with E-state index in [0.717, 1.165) is 24.5 Å². The summed E-state index contributed by atoms with van der Waals surface area (Å²) in [7, 11) is -3.59. The third kappa shape index (κ3) is 5.84. The lowest BCUT2D eigenvalue weighted by Gasteiger charge is -2.13. The van der Waals surface area contributed by atoms with Gasteiger partial charge in [0.15, 0.2) is 9.84 Å². The molecule has 0 aliphatic rings. The van der Waals surface area contributed by atoms with Crippen molar-refractivity contribution < 1.29 is 34.8 Å². The molecule has 1 aromatic heterocycles. The molecule has 1 heterocycles. The van der Waals surface area contributed by atoms with Gasteiger partial charge in [0.25, 0.3) is 0 Å². The average Bonchev–Trinajstić information content (AvgIpc) is 2.66. The number of benzene rings is 2. The van der Waals surface area contributed by atoms with E-state index in [1.165, 1.54) is 24.3 Å². The maximum absolute atomic E-state index is 13.2. The Morgan fingerprint density at radius 2 is 1.28 bits per heavy atom. The summed E-state index contributed by atoms with van der Waals surface area (Å²) in [6.07, 6.45) is -8.70. The molecule has 0 radical (unpaired) electrons. The first-order valence-electron chi connectivity index (χ1n) is 8.56. The van der Waals surface area contributed by atoms with Gasteiger partial charge in [-0.15, -0.1) is 0 Å². The monoisotopic (exact) mass is 477 g/mol. The highest BCUT2D eigenvalue weighted by Gasteiger charge is 2.36. The molecule has 2 N–H and O–H groups in total. The summed E-state index contributed by atoms with van der Waals surface area (Å²) >= 11 is 0. The number of nitrogens with zero attached hydrogens (tertiary/aromatic N) is 3. The lowest BCUT2D eigenvalue weighted by molar-refractivity contribution is -0.144. The van der Waals surface area contributed by atoms with Crippen molar-refractivity contribution in [3.8, 4) is 0 Å². The highest BCUT2D eigenvalue weighted by molar-refractivity contribution is 7.90. The molecule has 3 aromatic rings. The van der Waals surface area contributed by atoms with Crippen molar-refractivity contribution in [3.05, 3.63) is 59.9 Å². The molecular formula is C18H13F6N5O2S. The minimum absolute atomic E-state index is 0.0669. The van der Waals surface area contributed by atoms with Gasteiger partial charge in [-0.05, 0) is 36.4 Å². The number of anilines is 4. The largest absolute Gasteiger partial charge is 0.451 e. The Hall–Kier alpha value is -3.42. The van der Waals surface area contributed by atoms with E-state index in [9.17, 15) is 34.8 Å². The fourth-order valence-corrected chi connectivity index (χ4v) is 3.12. The Labute approximate surface area is 177 Å². The molecule has 0 spiro atoms. The Morgan fingerprint density at radius 1 is 0.750 bits per heavy atom. The summed E-state index contributed by atoms with van der Waals surface area (Å²) in [6, 6.07) is 8.89. The van der Waals surface area contributed by atoms with Gasteiger partial charge in [-0.2, -0.15) is 41.3 Å². The summed E-state index contributed by atoms with van der Waals surface area (Å²) < 4.78 is 102. The van der Waals surface area contributed by atoms with Gasteiger partial charge in [0.1, 0.15) is 0 Å². The smallest absolute Gasteiger partial charge is 0.324 e. The average molecular weight is 477 g/mol. The minimum Gasteiger partial charge on any atom is -0.324 e. The lowest BCUT2D eigenvalue weighted by atomic mass is 10.2. The Bertz CT molecular complexity index is 1250. The molecule has 0 atom stereocenters. The van der Waals surface area contributed by atoms with E-state index in [0.29, 0.717) is 6.07 Å². The summed E-state index contributed by atoms with van der Waals surface area (Å²) in [6.45, 7) is 0. The van der Waals surface area contributed by atoms with Crippen LogP contribution in [0.25, 0.3) is 0 Å². The fourth-order valence-electron chi connectivity index (χ4n) is 2.45. The van der Waals surface area contributed by atoms with Gasteiger partial charge in [0, 0.05) is 17.6 Å². The number of hydrogen-bond donors (Lipinski definition) is 2. The van der Waals surface area contributed by atoms with Crippen LogP contribution in [0.3, 0.4) is 0 Å². The first kappa shape index (κ1) is 23.2. The highest BCUT2D eigenvalue weighted by atomic mass is 32.2. The minimum atomic E-state index is -4.99.